The maximum Gasteiger partial charge on any atom is 0.321 e. The highest BCUT2D eigenvalue weighted by atomic mass is 35.5. The summed E-state index contributed by atoms with van der Waals surface area (Å²) in [7, 11) is 0. The number of hydrogen-bond donors (Lipinski definition) is 1. The average Bonchev–Trinajstić information content (AvgIpc) is 2.76. The topological polar surface area (TPSA) is 83.4 Å². The van der Waals surface area contributed by atoms with Crippen LogP contribution in [-0.4, -0.2) is 51.6 Å². The molecule has 8 nitrogen and oxygen atoms in total. The SMILES string of the molecule is CCn1c(=O)c(N2CCN(C(=O)Nc3ccc(F)c(Cl)c3)CC2)nc2cccnc21. The van der Waals surface area contributed by atoms with Crippen LogP contribution >= 0.6 is 11.6 Å². The fourth-order valence-electron chi connectivity index (χ4n) is 3.46. The Balaban J connectivity index is 1.48. The molecule has 1 saturated heterocycles. The summed E-state index contributed by atoms with van der Waals surface area (Å²) in [6.07, 6.45) is 1.64. The van der Waals surface area contributed by atoms with Gasteiger partial charge in [-0.3, -0.25) is 9.36 Å². The lowest BCUT2D eigenvalue weighted by atomic mass is 10.3. The third-order valence-corrected chi connectivity index (χ3v) is 5.33. The Morgan fingerprint density at radius 3 is 2.70 bits per heavy atom. The predicted molar refractivity (Wildman–Crippen MR) is 114 cm³/mol. The molecule has 1 aliphatic heterocycles. The van der Waals surface area contributed by atoms with Gasteiger partial charge in [0, 0.05) is 44.6 Å². The van der Waals surface area contributed by atoms with Gasteiger partial charge in [0.2, 0.25) is 0 Å². The summed E-state index contributed by atoms with van der Waals surface area (Å²) in [6.45, 7) is 4.15. The number of rotatable bonds is 3. The Morgan fingerprint density at radius 1 is 1.23 bits per heavy atom. The molecule has 0 atom stereocenters. The lowest BCUT2D eigenvalue weighted by Crippen LogP contribution is -2.51. The van der Waals surface area contributed by atoms with Crippen molar-refractivity contribution in [2.24, 2.45) is 0 Å². The third-order valence-electron chi connectivity index (χ3n) is 5.04. The molecule has 0 saturated carbocycles. The summed E-state index contributed by atoms with van der Waals surface area (Å²) in [6, 6.07) is 7.33. The van der Waals surface area contributed by atoms with Crippen LogP contribution in [0.5, 0.6) is 0 Å². The zero-order valence-electron chi connectivity index (χ0n) is 16.3. The summed E-state index contributed by atoms with van der Waals surface area (Å²) in [5.41, 5.74) is 1.44. The normalized spacial score (nSPS) is 14.2. The molecule has 156 valence electrons. The van der Waals surface area contributed by atoms with E-state index in [1.165, 1.54) is 18.2 Å². The van der Waals surface area contributed by atoms with Gasteiger partial charge in [-0.2, -0.15) is 0 Å². The Hall–Kier alpha value is -3.20. The van der Waals surface area contributed by atoms with E-state index in [4.69, 9.17) is 11.6 Å². The van der Waals surface area contributed by atoms with Gasteiger partial charge in [0.25, 0.3) is 5.56 Å². The number of aromatic nitrogens is 3. The largest absolute Gasteiger partial charge is 0.348 e. The van der Waals surface area contributed by atoms with Crippen molar-refractivity contribution < 1.29 is 9.18 Å². The minimum absolute atomic E-state index is 0.0540. The number of nitrogens with one attached hydrogen (secondary N) is 1. The van der Waals surface area contributed by atoms with E-state index in [-0.39, 0.29) is 16.6 Å². The highest BCUT2D eigenvalue weighted by Crippen LogP contribution is 2.20. The van der Waals surface area contributed by atoms with Crippen LogP contribution in [0.15, 0.2) is 41.3 Å². The van der Waals surface area contributed by atoms with E-state index in [9.17, 15) is 14.0 Å². The van der Waals surface area contributed by atoms with E-state index in [1.807, 2.05) is 17.9 Å². The molecule has 30 heavy (non-hydrogen) atoms. The van der Waals surface area contributed by atoms with Crippen LogP contribution in [0.3, 0.4) is 0 Å². The molecule has 1 fully saturated rings. The van der Waals surface area contributed by atoms with Crippen molar-refractivity contribution in [3.05, 3.63) is 57.7 Å². The molecule has 0 unspecified atom stereocenters. The zero-order chi connectivity index (χ0) is 21.3. The molecule has 4 rings (SSSR count). The number of carbonyl (C=O) groups excluding carboxylic acids is 1. The summed E-state index contributed by atoms with van der Waals surface area (Å²) in [5.74, 6) is -0.179. The zero-order valence-corrected chi connectivity index (χ0v) is 17.1. The van der Waals surface area contributed by atoms with E-state index < -0.39 is 5.82 Å². The molecule has 1 N–H and O–H groups in total. The van der Waals surface area contributed by atoms with Crippen molar-refractivity contribution in [2.75, 3.05) is 36.4 Å². The van der Waals surface area contributed by atoms with Crippen LogP contribution in [-0.2, 0) is 6.54 Å². The molecule has 2 amide bonds. The minimum Gasteiger partial charge on any atom is -0.348 e. The van der Waals surface area contributed by atoms with Crippen LogP contribution < -0.4 is 15.8 Å². The molecule has 3 aromatic rings. The van der Waals surface area contributed by atoms with E-state index in [2.05, 4.69) is 15.3 Å². The van der Waals surface area contributed by atoms with Crippen LogP contribution in [0.25, 0.3) is 11.2 Å². The van der Waals surface area contributed by atoms with Crippen LogP contribution in [0.4, 0.5) is 20.7 Å². The first kappa shape index (κ1) is 20.1. The average molecular weight is 431 g/mol. The number of pyridine rings is 1. The third kappa shape index (κ3) is 3.80. The van der Waals surface area contributed by atoms with Gasteiger partial charge in [-0.1, -0.05) is 11.6 Å². The molecular weight excluding hydrogens is 411 g/mol. The summed E-state index contributed by atoms with van der Waals surface area (Å²) in [5, 5.41) is 2.66. The number of urea groups is 1. The molecule has 10 heteroatoms. The monoisotopic (exact) mass is 430 g/mol. The van der Waals surface area contributed by atoms with Crippen LogP contribution in [0.1, 0.15) is 6.92 Å². The first-order valence-electron chi connectivity index (χ1n) is 9.59. The van der Waals surface area contributed by atoms with Gasteiger partial charge < -0.3 is 15.1 Å². The van der Waals surface area contributed by atoms with Crippen LogP contribution in [0, 0.1) is 5.82 Å². The Morgan fingerprint density at radius 2 is 2.00 bits per heavy atom. The summed E-state index contributed by atoms with van der Waals surface area (Å²) >= 11 is 5.76. The van der Waals surface area contributed by atoms with Gasteiger partial charge in [-0.15, -0.1) is 0 Å². The molecule has 0 radical (unpaired) electrons. The molecular formula is C20H20ClFN6O2. The number of fused-ring (bicyclic) bond motifs is 1. The van der Waals surface area contributed by atoms with E-state index in [1.54, 1.807) is 21.7 Å². The van der Waals surface area contributed by atoms with Gasteiger partial charge in [0.05, 0.1) is 5.02 Å². The maximum atomic E-state index is 13.3. The first-order valence-corrected chi connectivity index (χ1v) is 9.97. The lowest BCUT2D eigenvalue weighted by Gasteiger charge is -2.35. The quantitative estimate of drug-likeness (QED) is 0.690. The standard InChI is InChI=1S/C20H20ClFN6O2/c1-2-28-17-16(4-3-7-23-17)25-18(19(28)29)26-8-10-27(11-9-26)20(30)24-13-5-6-15(22)14(21)12-13/h3-7,12H,2,8-11H2,1H3,(H,24,30). The maximum absolute atomic E-state index is 13.3. The molecule has 3 heterocycles. The van der Waals surface area contributed by atoms with Crippen molar-refractivity contribution in [3.8, 4) is 0 Å². The number of halogens is 2. The Labute approximate surface area is 176 Å². The van der Waals surface area contributed by atoms with Crippen molar-refractivity contribution in [1.82, 2.24) is 19.4 Å². The van der Waals surface area contributed by atoms with Gasteiger partial charge in [-0.05, 0) is 37.3 Å². The van der Waals surface area contributed by atoms with E-state index >= 15 is 0 Å². The molecule has 0 spiro atoms. The number of benzene rings is 1. The predicted octanol–water partition coefficient (Wildman–Crippen LogP) is 2.96. The van der Waals surface area contributed by atoms with Crippen LogP contribution in [0.2, 0.25) is 5.02 Å². The fourth-order valence-corrected chi connectivity index (χ4v) is 3.64. The molecule has 1 aromatic carbocycles. The van der Waals surface area contributed by atoms with Crippen molar-refractivity contribution >= 4 is 40.3 Å². The Kier molecular flexibility index (Phi) is 5.54. The van der Waals surface area contributed by atoms with Gasteiger partial charge in [-0.25, -0.2) is 19.2 Å². The van der Waals surface area contributed by atoms with Crippen molar-refractivity contribution in [3.63, 3.8) is 0 Å². The Bertz CT molecular complexity index is 1160. The van der Waals surface area contributed by atoms with E-state index in [0.29, 0.717) is 55.4 Å². The molecule has 1 aliphatic rings. The summed E-state index contributed by atoms with van der Waals surface area (Å²) < 4.78 is 14.9. The van der Waals surface area contributed by atoms with Crippen molar-refractivity contribution in [2.45, 2.75) is 13.5 Å². The first-order chi connectivity index (χ1) is 14.5. The summed E-state index contributed by atoms with van der Waals surface area (Å²) in [4.78, 5) is 37.8. The highest BCUT2D eigenvalue weighted by Gasteiger charge is 2.25. The highest BCUT2D eigenvalue weighted by molar-refractivity contribution is 6.31. The number of carbonyl (C=O) groups is 1. The number of amides is 2. The van der Waals surface area contributed by atoms with Gasteiger partial charge in [0.1, 0.15) is 11.3 Å². The number of anilines is 2. The second-order valence-electron chi connectivity index (χ2n) is 6.86. The smallest absolute Gasteiger partial charge is 0.321 e. The molecule has 0 aliphatic carbocycles. The van der Waals surface area contributed by atoms with Crippen molar-refractivity contribution in [1.29, 1.82) is 0 Å². The second-order valence-corrected chi connectivity index (χ2v) is 7.27. The van der Waals surface area contributed by atoms with E-state index in [0.717, 1.165) is 0 Å². The number of aryl methyl sites for hydroxylation is 1. The minimum atomic E-state index is -0.542. The fraction of sp³-hybridized carbons (Fsp3) is 0.300. The number of hydrogen-bond acceptors (Lipinski definition) is 5. The molecule has 0 bridgehead atoms. The second kappa shape index (κ2) is 8.27. The number of piperazine rings is 1. The number of nitrogens with zero attached hydrogens (tertiary/aromatic N) is 5. The molecule has 2 aromatic heterocycles. The van der Waals surface area contributed by atoms with Gasteiger partial charge in [0.15, 0.2) is 11.5 Å². The van der Waals surface area contributed by atoms with Gasteiger partial charge >= 0.3 is 6.03 Å². The lowest BCUT2D eigenvalue weighted by molar-refractivity contribution is 0.208.